The van der Waals surface area contributed by atoms with Crippen LogP contribution in [0.2, 0.25) is 0 Å². The molecule has 23 heavy (non-hydrogen) atoms. The summed E-state index contributed by atoms with van der Waals surface area (Å²) in [5.41, 5.74) is 1.35. The van der Waals surface area contributed by atoms with Gasteiger partial charge in [-0.15, -0.1) is 0 Å². The van der Waals surface area contributed by atoms with E-state index in [1.165, 1.54) is 76.2 Å². The van der Waals surface area contributed by atoms with Gasteiger partial charge < -0.3 is 0 Å². The predicted octanol–water partition coefficient (Wildman–Crippen LogP) is 7.10. The molecular formula is C22H33F. The Morgan fingerprint density at radius 1 is 0.826 bits per heavy atom. The van der Waals surface area contributed by atoms with Crippen molar-refractivity contribution in [2.24, 2.45) is 17.8 Å². The lowest BCUT2D eigenvalue weighted by Gasteiger charge is -2.38. The number of rotatable bonds is 5. The maximum atomic E-state index is 13.1. The highest BCUT2D eigenvalue weighted by molar-refractivity contribution is 5.20. The van der Waals surface area contributed by atoms with Gasteiger partial charge in [0.1, 0.15) is 5.82 Å². The molecule has 0 nitrogen and oxygen atoms in total. The van der Waals surface area contributed by atoms with Crippen LogP contribution in [0.15, 0.2) is 24.3 Å². The minimum absolute atomic E-state index is 0.109. The lowest BCUT2D eigenvalue weighted by Crippen LogP contribution is -2.25. The third kappa shape index (κ3) is 4.58. The third-order valence-corrected chi connectivity index (χ3v) is 6.64. The van der Waals surface area contributed by atoms with Gasteiger partial charge in [0.2, 0.25) is 0 Å². The monoisotopic (exact) mass is 316 g/mol. The molecule has 0 spiro atoms. The molecule has 0 bridgehead atoms. The highest BCUT2D eigenvalue weighted by Gasteiger charge is 2.31. The Morgan fingerprint density at radius 3 is 1.96 bits per heavy atom. The Labute approximate surface area is 141 Å². The van der Waals surface area contributed by atoms with E-state index >= 15 is 0 Å². The van der Waals surface area contributed by atoms with E-state index in [9.17, 15) is 4.39 Å². The first kappa shape index (κ1) is 17.0. The molecule has 2 saturated carbocycles. The summed E-state index contributed by atoms with van der Waals surface area (Å²) in [6.07, 6.45) is 15.6. The Balaban J connectivity index is 1.43. The number of hydrogen-bond donors (Lipinski definition) is 0. The van der Waals surface area contributed by atoms with Gasteiger partial charge in [0.25, 0.3) is 0 Å². The molecule has 2 aliphatic rings. The number of benzene rings is 1. The minimum atomic E-state index is -0.109. The van der Waals surface area contributed by atoms with E-state index in [-0.39, 0.29) is 5.82 Å². The summed E-state index contributed by atoms with van der Waals surface area (Å²) >= 11 is 0. The van der Waals surface area contributed by atoms with Crippen LogP contribution in [-0.2, 0) is 0 Å². The number of unbranched alkanes of at least 4 members (excludes halogenated alkanes) is 1. The summed E-state index contributed by atoms with van der Waals surface area (Å²) in [7, 11) is 0. The highest BCUT2D eigenvalue weighted by Crippen LogP contribution is 2.44. The van der Waals surface area contributed by atoms with E-state index in [1.54, 1.807) is 12.1 Å². The minimum Gasteiger partial charge on any atom is -0.207 e. The molecule has 1 heteroatoms. The fourth-order valence-corrected chi connectivity index (χ4v) is 5.10. The summed E-state index contributed by atoms with van der Waals surface area (Å²) in [6, 6.07) is 7.25. The van der Waals surface area contributed by atoms with Crippen molar-refractivity contribution in [3.05, 3.63) is 35.6 Å². The van der Waals surface area contributed by atoms with Gasteiger partial charge in [0.05, 0.1) is 0 Å². The molecule has 3 rings (SSSR count). The second-order valence-corrected chi connectivity index (χ2v) is 8.09. The smallest absolute Gasteiger partial charge is 0.123 e. The molecule has 0 saturated heterocycles. The van der Waals surface area contributed by atoms with Gasteiger partial charge in [-0.3, -0.25) is 0 Å². The van der Waals surface area contributed by atoms with E-state index in [0.29, 0.717) is 5.92 Å². The molecule has 0 radical (unpaired) electrons. The first-order chi connectivity index (χ1) is 11.3. The molecule has 128 valence electrons. The van der Waals surface area contributed by atoms with Crippen molar-refractivity contribution >= 4 is 0 Å². The lowest BCUT2D eigenvalue weighted by atomic mass is 9.68. The molecule has 2 aliphatic carbocycles. The van der Waals surface area contributed by atoms with E-state index in [2.05, 4.69) is 6.92 Å². The van der Waals surface area contributed by atoms with Crippen molar-refractivity contribution in [3.8, 4) is 0 Å². The summed E-state index contributed by atoms with van der Waals surface area (Å²) in [5.74, 6) is 3.57. The Kier molecular flexibility index (Phi) is 6.14. The van der Waals surface area contributed by atoms with Crippen molar-refractivity contribution in [2.75, 3.05) is 0 Å². The van der Waals surface area contributed by atoms with E-state index < -0.39 is 0 Å². The van der Waals surface area contributed by atoms with E-state index in [0.717, 1.165) is 17.8 Å². The molecule has 0 aliphatic heterocycles. The number of hydrogen-bond acceptors (Lipinski definition) is 0. The summed E-state index contributed by atoms with van der Waals surface area (Å²) < 4.78 is 13.1. The van der Waals surface area contributed by atoms with Gasteiger partial charge in [0.15, 0.2) is 0 Å². The van der Waals surface area contributed by atoms with Gasteiger partial charge >= 0.3 is 0 Å². The molecule has 1 aromatic carbocycles. The molecule has 0 heterocycles. The molecule has 0 N–H and O–H groups in total. The van der Waals surface area contributed by atoms with Crippen LogP contribution in [0, 0.1) is 23.6 Å². The van der Waals surface area contributed by atoms with Crippen molar-refractivity contribution in [1.29, 1.82) is 0 Å². The molecule has 0 amide bonds. The summed E-state index contributed by atoms with van der Waals surface area (Å²) in [4.78, 5) is 0. The molecule has 0 unspecified atom stereocenters. The molecule has 0 atom stereocenters. The van der Waals surface area contributed by atoms with E-state index in [1.807, 2.05) is 12.1 Å². The fraction of sp³-hybridized carbons (Fsp3) is 0.727. The average Bonchev–Trinajstić information content (AvgIpc) is 2.61. The van der Waals surface area contributed by atoms with Crippen molar-refractivity contribution in [3.63, 3.8) is 0 Å². The molecule has 1 aromatic rings. The summed E-state index contributed by atoms with van der Waals surface area (Å²) in [5, 5.41) is 0. The maximum Gasteiger partial charge on any atom is 0.123 e. The van der Waals surface area contributed by atoms with Crippen LogP contribution in [0.25, 0.3) is 0 Å². The largest absolute Gasteiger partial charge is 0.207 e. The lowest BCUT2D eigenvalue weighted by molar-refractivity contribution is 0.156. The first-order valence-corrected chi connectivity index (χ1v) is 10.0. The number of halogens is 1. The molecular weight excluding hydrogens is 283 g/mol. The van der Waals surface area contributed by atoms with Crippen molar-refractivity contribution in [1.82, 2.24) is 0 Å². The third-order valence-electron chi connectivity index (χ3n) is 6.64. The van der Waals surface area contributed by atoms with Gasteiger partial charge in [-0.2, -0.15) is 0 Å². The van der Waals surface area contributed by atoms with Gasteiger partial charge in [-0.1, -0.05) is 51.2 Å². The van der Waals surface area contributed by atoms with Gasteiger partial charge in [-0.05, 0) is 79.9 Å². The Hall–Kier alpha value is -0.850. The van der Waals surface area contributed by atoms with Crippen LogP contribution in [0.3, 0.4) is 0 Å². The second-order valence-electron chi connectivity index (χ2n) is 8.09. The topological polar surface area (TPSA) is 0 Å². The Morgan fingerprint density at radius 2 is 1.39 bits per heavy atom. The SMILES string of the molecule is CCCC[C@H]1CC[C@H](C2CCC(c3ccc(F)cc3)CC2)CC1. The van der Waals surface area contributed by atoms with Gasteiger partial charge in [-0.25, -0.2) is 4.39 Å². The van der Waals surface area contributed by atoms with Crippen LogP contribution in [0.1, 0.15) is 89.0 Å². The van der Waals surface area contributed by atoms with Crippen LogP contribution >= 0.6 is 0 Å². The van der Waals surface area contributed by atoms with Crippen LogP contribution < -0.4 is 0 Å². The molecule has 0 aromatic heterocycles. The predicted molar refractivity (Wildman–Crippen MR) is 96.1 cm³/mol. The van der Waals surface area contributed by atoms with Crippen LogP contribution in [0.4, 0.5) is 4.39 Å². The van der Waals surface area contributed by atoms with Crippen LogP contribution in [0.5, 0.6) is 0 Å². The molecule has 2 fully saturated rings. The van der Waals surface area contributed by atoms with E-state index in [4.69, 9.17) is 0 Å². The van der Waals surface area contributed by atoms with Crippen molar-refractivity contribution in [2.45, 2.75) is 83.5 Å². The first-order valence-electron chi connectivity index (χ1n) is 10.0. The zero-order valence-electron chi connectivity index (χ0n) is 14.8. The van der Waals surface area contributed by atoms with Crippen LogP contribution in [-0.4, -0.2) is 0 Å². The van der Waals surface area contributed by atoms with Gasteiger partial charge in [0, 0.05) is 0 Å². The zero-order valence-corrected chi connectivity index (χ0v) is 14.8. The normalized spacial score (nSPS) is 31.9. The quantitative estimate of drug-likeness (QED) is 0.543. The standard InChI is InChI=1S/C22H33F/c1-2-3-4-17-5-7-18(8-6-17)19-9-11-20(12-10-19)21-13-15-22(23)16-14-21/h13-20H,2-12H2,1H3/t17-,18-,19?,20?. The summed E-state index contributed by atoms with van der Waals surface area (Å²) in [6.45, 7) is 2.31. The second kappa shape index (κ2) is 8.31. The highest BCUT2D eigenvalue weighted by atomic mass is 19.1. The average molecular weight is 317 g/mol. The zero-order chi connectivity index (χ0) is 16.1. The maximum absolute atomic E-state index is 13.1. The van der Waals surface area contributed by atoms with Crippen molar-refractivity contribution < 1.29 is 4.39 Å². The fourth-order valence-electron chi connectivity index (χ4n) is 5.10. The Bertz CT molecular complexity index is 447.